The van der Waals surface area contributed by atoms with E-state index in [0.717, 1.165) is 0 Å². The van der Waals surface area contributed by atoms with Gasteiger partial charge in [-0.15, -0.1) is 0 Å². The van der Waals surface area contributed by atoms with Crippen LogP contribution in [0.2, 0.25) is 0 Å². The molecule has 0 spiro atoms. The lowest BCUT2D eigenvalue weighted by molar-refractivity contribution is -0.385. The van der Waals surface area contributed by atoms with Crippen molar-refractivity contribution in [3.63, 3.8) is 0 Å². The zero-order valence-electron chi connectivity index (χ0n) is 13.3. The number of aliphatic imine (C=N–C) groups is 1. The molecule has 0 N–H and O–H groups in total. The molecule has 0 unspecified atom stereocenters. The molecule has 0 amide bonds. The summed E-state index contributed by atoms with van der Waals surface area (Å²) in [6.07, 6.45) is 1.37. The Morgan fingerprint density at radius 2 is 1.96 bits per heavy atom. The van der Waals surface area contributed by atoms with E-state index in [1.807, 2.05) is 0 Å². The Kier molecular flexibility index (Phi) is 4.60. The molecule has 1 aliphatic rings. The lowest BCUT2D eigenvalue weighted by Gasteiger charge is -2.02. The number of carbonyl (C=O) groups is 1. The minimum atomic E-state index is -0.507. The van der Waals surface area contributed by atoms with Gasteiger partial charge >= 0.3 is 5.97 Å². The highest BCUT2D eigenvalue weighted by atomic mass is 16.7. The second-order valence-electron chi connectivity index (χ2n) is 5.05. The fourth-order valence-electron chi connectivity index (χ4n) is 2.25. The highest BCUT2D eigenvalue weighted by molar-refractivity contribution is 5.91. The highest BCUT2D eigenvalue weighted by Crippen LogP contribution is 2.37. The molecule has 0 bridgehead atoms. The number of nitrogens with zero attached hydrogens (tertiary/aromatic N) is 2. The van der Waals surface area contributed by atoms with E-state index in [1.165, 1.54) is 18.3 Å². The van der Waals surface area contributed by atoms with Crippen molar-refractivity contribution in [3.8, 4) is 11.5 Å². The first kappa shape index (κ1) is 16.4. The van der Waals surface area contributed by atoms with Crippen LogP contribution in [0, 0.1) is 10.1 Å². The Hall–Kier alpha value is -3.42. The molecular weight excluding hydrogens is 328 g/mol. The molecule has 128 valence electrons. The SMILES string of the molecule is CCOC(=O)c1ccc(N=Cc2cc3c(cc2[N+](=O)[O-])OCO3)cc1. The van der Waals surface area contributed by atoms with Crippen LogP contribution in [-0.2, 0) is 4.74 Å². The number of fused-ring (bicyclic) bond motifs is 1. The molecule has 0 saturated heterocycles. The predicted molar refractivity (Wildman–Crippen MR) is 88.9 cm³/mol. The fraction of sp³-hybridized carbons (Fsp3) is 0.176. The Balaban J connectivity index is 1.84. The summed E-state index contributed by atoms with van der Waals surface area (Å²) < 4.78 is 15.3. The largest absolute Gasteiger partial charge is 0.462 e. The topological polar surface area (TPSA) is 100 Å². The molecule has 3 rings (SSSR count). The second kappa shape index (κ2) is 7.00. The number of ether oxygens (including phenoxy) is 3. The van der Waals surface area contributed by atoms with Crippen LogP contribution in [0.25, 0.3) is 0 Å². The molecule has 2 aromatic rings. The quantitative estimate of drug-likeness (QED) is 0.358. The molecule has 1 heterocycles. The summed E-state index contributed by atoms with van der Waals surface area (Å²) in [7, 11) is 0. The van der Waals surface area contributed by atoms with Crippen LogP contribution >= 0.6 is 0 Å². The van der Waals surface area contributed by atoms with Crippen LogP contribution < -0.4 is 9.47 Å². The van der Waals surface area contributed by atoms with E-state index in [-0.39, 0.29) is 12.5 Å². The van der Waals surface area contributed by atoms with Gasteiger partial charge in [-0.25, -0.2) is 4.79 Å². The average Bonchev–Trinajstić information content (AvgIpc) is 3.07. The Morgan fingerprint density at radius 1 is 1.28 bits per heavy atom. The summed E-state index contributed by atoms with van der Waals surface area (Å²) in [5.41, 5.74) is 1.12. The number of nitro groups is 1. The third-order valence-electron chi connectivity index (χ3n) is 3.45. The van der Waals surface area contributed by atoms with E-state index in [2.05, 4.69) is 4.99 Å². The summed E-state index contributed by atoms with van der Waals surface area (Å²) in [6, 6.07) is 9.24. The van der Waals surface area contributed by atoms with Gasteiger partial charge in [-0.2, -0.15) is 0 Å². The molecule has 1 aliphatic heterocycles. The number of carbonyl (C=O) groups excluding carboxylic acids is 1. The maximum Gasteiger partial charge on any atom is 0.338 e. The zero-order chi connectivity index (χ0) is 17.8. The number of hydrogen-bond acceptors (Lipinski definition) is 7. The van der Waals surface area contributed by atoms with Crippen molar-refractivity contribution in [2.24, 2.45) is 4.99 Å². The molecule has 0 radical (unpaired) electrons. The molecular formula is C17H14N2O6. The normalized spacial score (nSPS) is 12.4. The van der Waals surface area contributed by atoms with Gasteiger partial charge in [-0.3, -0.25) is 15.1 Å². The van der Waals surface area contributed by atoms with Crippen molar-refractivity contribution in [3.05, 3.63) is 57.6 Å². The molecule has 0 saturated carbocycles. The van der Waals surface area contributed by atoms with E-state index in [1.54, 1.807) is 31.2 Å². The molecule has 2 aromatic carbocycles. The smallest absolute Gasteiger partial charge is 0.338 e. The summed E-state index contributed by atoms with van der Waals surface area (Å²) in [5.74, 6) is 0.358. The standard InChI is InChI=1S/C17H14N2O6/c1-2-23-17(20)11-3-5-13(6-4-11)18-9-12-7-15-16(25-10-24-15)8-14(12)19(21)22/h3-9H,2,10H2,1H3. The lowest BCUT2D eigenvalue weighted by atomic mass is 10.1. The maximum absolute atomic E-state index is 11.6. The molecule has 8 heteroatoms. The van der Waals surface area contributed by atoms with Gasteiger partial charge in [0.15, 0.2) is 11.5 Å². The van der Waals surface area contributed by atoms with Crippen molar-refractivity contribution in [2.45, 2.75) is 6.92 Å². The van der Waals surface area contributed by atoms with Crippen molar-refractivity contribution in [2.75, 3.05) is 13.4 Å². The third kappa shape index (κ3) is 3.57. The van der Waals surface area contributed by atoms with Gasteiger partial charge in [0.25, 0.3) is 5.69 Å². The van der Waals surface area contributed by atoms with Crippen LogP contribution in [0.4, 0.5) is 11.4 Å². The number of rotatable bonds is 5. The van der Waals surface area contributed by atoms with Crippen LogP contribution in [0.3, 0.4) is 0 Å². The van der Waals surface area contributed by atoms with Crippen molar-refractivity contribution >= 4 is 23.6 Å². The monoisotopic (exact) mass is 342 g/mol. The molecule has 25 heavy (non-hydrogen) atoms. The number of nitro benzene ring substituents is 1. The van der Waals surface area contributed by atoms with Gasteiger partial charge in [0.05, 0.1) is 34.4 Å². The average molecular weight is 342 g/mol. The Labute approximate surface area is 142 Å². The van der Waals surface area contributed by atoms with Crippen molar-refractivity contribution in [1.82, 2.24) is 0 Å². The molecule has 0 aliphatic carbocycles. The number of esters is 1. The summed E-state index contributed by atoms with van der Waals surface area (Å²) >= 11 is 0. The van der Waals surface area contributed by atoms with Gasteiger partial charge in [0, 0.05) is 6.21 Å². The molecule has 0 aromatic heterocycles. The van der Waals surface area contributed by atoms with Crippen LogP contribution in [0.15, 0.2) is 41.4 Å². The summed E-state index contributed by atoms with van der Waals surface area (Å²) in [5, 5.41) is 11.2. The first-order valence-electron chi connectivity index (χ1n) is 7.47. The first-order valence-corrected chi connectivity index (χ1v) is 7.47. The third-order valence-corrected chi connectivity index (χ3v) is 3.45. The first-order chi connectivity index (χ1) is 12.1. The molecule has 8 nitrogen and oxygen atoms in total. The summed E-state index contributed by atoms with van der Waals surface area (Å²) in [4.78, 5) is 26.5. The van der Waals surface area contributed by atoms with Gasteiger partial charge in [0.2, 0.25) is 6.79 Å². The van der Waals surface area contributed by atoms with Gasteiger partial charge in [0.1, 0.15) is 0 Å². The lowest BCUT2D eigenvalue weighted by Crippen LogP contribution is -2.03. The minimum absolute atomic E-state index is 0.0302. The van der Waals surface area contributed by atoms with Crippen molar-refractivity contribution < 1.29 is 23.9 Å². The van der Waals surface area contributed by atoms with Crippen LogP contribution in [-0.4, -0.2) is 30.5 Å². The second-order valence-corrected chi connectivity index (χ2v) is 5.05. The van der Waals surface area contributed by atoms with E-state index in [9.17, 15) is 14.9 Å². The van der Waals surface area contributed by atoms with Gasteiger partial charge < -0.3 is 14.2 Å². The Bertz CT molecular complexity index is 845. The van der Waals surface area contributed by atoms with Crippen LogP contribution in [0.5, 0.6) is 11.5 Å². The van der Waals surface area contributed by atoms with E-state index in [0.29, 0.717) is 34.9 Å². The fourth-order valence-corrected chi connectivity index (χ4v) is 2.25. The molecule has 0 fully saturated rings. The summed E-state index contributed by atoms with van der Waals surface area (Å²) in [6.45, 7) is 2.06. The zero-order valence-corrected chi connectivity index (χ0v) is 13.3. The van der Waals surface area contributed by atoms with Gasteiger partial charge in [-0.05, 0) is 37.3 Å². The Morgan fingerprint density at radius 3 is 2.60 bits per heavy atom. The van der Waals surface area contributed by atoms with E-state index >= 15 is 0 Å². The van der Waals surface area contributed by atoms with Crippen molar-refractivity contribution in [1.29, 1.82) is 0 Å². The van der Waals surface area contributed by atoms with E-state index in [4.69, 9.17) is 14.2 Å². The predicted octanol–water partition coefficient (Wildman–Crippen LogP) is 3.25. The van der Waals surface area contributed by atoms with E-state index < -0.39 is 10.9 Å². The number of hydrogen-bond donors (Lipinski definition) is 0. The molecule has 0 atom stereocenters. The number of benzene rings is 2. The van der Waals surface area contributed by atoms with Crippen LogP contribution in [0.1, 0.15) is 22.8 Å². The highest BCUT2D eigenvalue weighted by Gasteiger charge is 2.22. The maximum atomic E-state index is 11.6. The van der Waals surface area contributed by atoms with Gasteiger partial charge in [-0.1, -0.05) is 0 Å². The minimum Gasteiger partial charge on any atom is -0.462 e.